The van der Waals surface area contributed by atoms with Gasteiger partial charge in [0.25, 0.3) is 0 Å². The zero-order valence-corrected chi connectivity index (χ0v) is 16.2. The Kier molecular flexibility index (Phi) is 5.91. The van der Waals surface area contributed by atoms with Gasteiger partial charge in [0.15, 0.2) is 0 Å². The summed E-state index contributed by atoms with van der Waals surface area (Å²) in [5, 5.41) is 2.08. The maximum Gasteiger partial charge on any atom is 0.416 e. The van der Waals surface area contributed by atoms with Crippen LogP contribution in [0.15, 0.2) is 35.7 Å². The number of benzene rings is 1. The molecule has 1 aliphatic rings. The van der Waals surface area contributed by atoms with E-state index in [0.29, 0.717) is 6.54 Å². The lowest BCUT2D eigenvalue weighted by molar-refractivity contribution is -0.137. The molecule has 2 heterocycles. The molecule has 0 bridgehead atoms. The lowest BCUT2D eigenvalue weighted by Crippen LogP contribution is -2.43. The molecule has 2 aromatic rings. The van der Waals surface area contributed by atoms with Gasteiger partial charge in [0.05, 0.1) is 18.2 Å². The first-order valence-electron chi connectivity index (χ1n) is 9.00. The van der Waals surface area contributed by atoms with Gasteiger partial charge in [0.2, 0.25) is 5.91 Å². The summed E-state index contributed by atoms with van der Waals surface area (Å²) in [4.78, 5) is 18.0. The minimum atomic E-state index is -4.33. The van der Waals surface area contributed by atoms with Gasteiger partial charge in [0.1, 0.15) is 0 Å². The second-order valence-corrected chi connectivity index (χ2v) is 7.93. The van der Waals surface area contributed by atoms with Crippen molar-refractivity contribution >= 4 is 17.2 Å². The molecule has 0 radical (unpaired) electrons. The van der Waals surface area contributed by atoms with Crippen molar-refractivity contribution in [1.82, 2.24) is 9.80 Å². The monoisotopic (exact) mass is 396 g/mol. The molecule has 1 amide bonds. The molecule has 1 atom stereocenters. The Morgan fingerprint density at radius 3 is 2.59 bits per heavy atom. The second kappa shape index (κ2) is 8.02. The molecular weight excluding hydrogens is 373 g/mol. The quantitative estimate of drug-likeness (QED) is 0.729. The lowest BCUT2D eigenvalue weighted by Gasteiger charge is -2.36. The second-order valence-electron chi connectivity index (χ2n) is 6.93. The zero-order valence-electron chi connectivity index (χ0n) is 15.4. The Bertz CT molecular complexity index is 785. The van der Waals surface area contributed by atoms with Crippen LogP contribution >= 0.6 is 11.3 Å². The summed E-state index contributed by atoms with van der Waals surface area (Å²) < 4.78 is 38.0. The van der Waals surface area contributed by atoms with E-state index in [4.69, 9.17) is 0 Å². The molecule has 0 fully saturated rings. The molecular formula is C20H23F3N2OS. The first-order valence-corrected chi connectivity index (χ1v) is 9.88. The lowest BCUT2D eigenvalue weighted by atomic mass is 9.97. The van der Waals surface area contributed by atoms with Crippen molar-refractivity contribution in [3.8, 4) is 0 Å². The van der Waals surface area contributed by atoms with Crippen molar-refractivity contribution in [3.63, 3.8) is 0 Å². The molecule has 0 N–H and O–H groups in total. The van der Waals surface area contributed by atoms with Crippen LogP contribution in [0.5, 0.6) is 0 Å². The van der Waals surface area contributed by atoms with Gasteiger partial charge in [0, 0.05) is 18.0 Å². The van der Waals surface area contributed by atoms with Crippen LogP contribution in [0.3, 0.4) is 0 Å². The number of amides is 1. The van der Waals surface area contributed by atoms with Crippen molar-refractivity contribution in [1.29, 1.82) is 0 Å². The van der Waals surface area contributed by atoms with Gasteiger partial charge >= 0.3 is 6.18 Å². The number of likely N-dealkylation sites (N-methyl/N-ethyl adjacent to an activating group) is 1. The maximum atomic E-state index is 12.8. The zero-order chi connectivity index (χ0) is 19.6. The van der Waals surface area contributed by atoms with E-state index in [1.165, 1.54) is 22.6 Å². The van der Waals surface area contributed by atoms with E-state index in [1.807, 2.05) is 16.8 Å². The fourth-order valence-electron chi connectivity index (χ4n) is 3.62. The average Bonchev–Trinajstić information content (AvgIpc) is 3.09. The van der Waals surface area contributed by atoms with Crippen molar-refractivity contribution in [2.45, 2.75) is 38.5 Å². The van der Waals surface area contributed by atoms with Gasteiger partial charge in [-0.1, -0.05) is 19.1 Å². The van der Waals surface area contributed by atoms with Gasteiger partial charge in [-0.15, -0.1) is 11.3 Å². The molecule has 27 heavy (non-hydrogen) atoms. The molecule has 0 aliphatic carbocycles. The van der Waals surface area contributed by atoms with Gasteiger partial charge in [-0.25, -0.2) is 0 Å². The van der Waals surface area contributed by atoms with Crippen LogP contribution in [0.2, 0.25) is 0 Å². The van der Waals surface area contributed by atoms with E-state index >= 15 is 0 Å². The minimum absolute atomic E-state index is 0.0631. The normalized spacial score (nSPS) is 17.3. The van der Waals surface area contributed by atoms with E-state index in [0.717, 1.165) is 37.1 Å². The molecule has 1 aromatic carbocycles. The molecule has 7 heteroatoms. The van der Waals surface area contributed by atoms with E-state index in [9.17, 15) is 18.0 Å². The third-order valence-electron chi connectivity index (χ3n) is 4.94. The van der Waals surface area contributed by atoms with Crippen molar-refractivity contribution in [2.24, 2.45) is 0 Å². The van der Waals surface area contributed by atoms with Crippen molar-refractivity contribution in [2.75, 3.05) is 20.1 Å². The molecule has 146 valence electrons. The number of rotatable bonds is 5. The first kappa shape index (κ1) is 19.9. The fraction of sp³-hybridized carbons (Fsp3) is 0.450. The number of fused-ring (bicyclic) bond motifs is 1. The highest BCUT2D eigenvalue weighted by Crippen LogP contribution is 2.35. The van der Waals surface area contributed by atoms with E-state index in [2.05, 4.69) is 18.4 Å². The molecule has 1 unspecified atom stereocenters. The number of hydrogen-bond donors (Lipinski definition) is 0. The van der Waals surface area contributed by atoms with Crippen LogP contribution < -0.4 is 0 Å². The Balaban J connectivity index is 1.61. The highest BCUT2D eigenvalue weighted by atomic mass is 32.1. The molecule has 0 saturated heterocycles. The van der Waals surface area contributed by atoms with Gasteiger partial charge in [-0.05, 0) is 54.6 Å². The average molecular weight is 396 g/mol. The van der Waals surface area contributed by atoms with Crippen LogP contribution in [0.1, 0.15) is 41.0 Å². The smallest absolute Gasteiger partial charge is 0.334 e. The summed E-state index contributed by atoms with van der Waals surface area (Å²) in [5.41, 5.74) is 1.35. The largest absolute Gasteiger partial charge is 0.416 e. The van der Waals surface area contributed by atoms with Crippen LogP contribution in [-0.4, -0.2) is 35.8 Å². The number of thiophene rings is 1. The van der Waals surface area contributed by atoms with Crippen LogP contribution in [-0.2, 0) is 23.9 Å². The number of nitrogens with zero attached hydrogens (tertiary/aromatic N) is 2. The van der Waals surface area contributed by atoms with E-state index in [1.54, 1.807) is 11.3 Å². The van der Waals surface area contributed by atoms with Gasteiger partial charge < -0.3 is 4.90 Å². The van der Waals surface area contributed by atoms with E-state index in [-0.39, 0.29) is 18.5 Å². The number of halogens is 3. The summed E-state index contributed by atoms with van der Waals surface area (Å²) in [5.74, 6) is 0.0631. The number of alkyl halides is 3. The summed E-state index contributed by atoms with van der Waals surface area (Å²) in [7, 11) is 1.82. The highest BCUT2D eigenvalue weighted by Gasteiger charge is 2.31. The molecule has 1 aliphatic heterocycles. The first-order chi connectivity index (χ1) is 12.8. The van der Waals surface area contributed by atoms with Gasteiger partial charge in [-0.2, -0.15) is 13.2 Å². The Labute approximate surface area is 161 Å². The third-order valence-corrected chi connectivity index (χ3v) is 5.94. The molecule has 0 spiro atoms. The predicted octanol–water partition coefficient (Wildman–Crippen LogP) is 4.73. The van der Waals surface area contributed by atoms with E-state index < -0.39 is 11.7 Å². The summed E-state index contributed by atoms with van der Waals surface area (Å²) in [6.45, 7) is 3.48. The van der Waals surface area contributed by atoms with Crippen LogP contribution in [0, 0.1) is 0 Å². The standard InChI is InChI=1S/C20H23F3N2OS/c1-3-17-16-9-11-27-18(16)8-10-25(17)19(26)13-24(2)12-14-4-6-15(7-5-14)20(21,22)23/h4-7,9,11,17H,3,8,10,12-13H2,1-2H3. The predicted molar refractivity (Wildman–Crippen MR) is 101 cm³/mol. The Hall–Kier alpha value is -1.86. The Morgan fingerprint density at radius 1 is 1.26 bits per heavy atom. The third kappa shape index (κ3) is 4.52. The highest BCUT2D eigenvalue weighted by molar-refractivity contribution is 7.10. The molecule has 0 saturated carbocycles. The summed E-state index contributed by atoms with van der Waals surface area (Å²) in [6.07, 6.45) is -2.57. The van der Waals surface area contributed by atoms with Crippen molar-refractivity contribution in [3.05, 3.63) is 57.3 Å². The molecule has 1 aromatic heterocycles. The molecule has 3 nitrogen and oxygen atoms in total. The van der Waals surface area contributed by atoms with Crippen LogP contribution in [0.25, 0.3) is 0 Å². The summed E-state index contributed by atoms with van der Waals surface area (Å²) >= 11 is 1.75. The number of carbonyl (C=O) groups is 1. The summed E-state index contributed by atoms with van der Waals surface area (Å²) in [6, 6.07) is 7.34. The topological polar surface area (TPSA) is 23.6 Å². The fourth-order valence-corrected chi connectivity index (χ4v) is 4.55. The van der Waals surface area contributed by atoms with Crippen molar-refractivity contribution < 1.29 is 18.0 Å². The number of carbonyl (C=O) groups excluding carboxylic acids is 1. The Morgan fingerprint density at radius 2 is 1.96 bits per heavy atom. The number of hydrogen-bond acceptors (Lipinski definition) is 3. The SMILES string of the molecule is CCC1c2ccsc2CCN1C(=O)CN(C)Cc1ccc(C(F)(F)F)cc1. The molecule has 3 rings (SSSR count). The van der Waals surface area contributed by atoms with Crippen LogP contribution in [0.4, 0.5) is 13.2 Å². The maximum absolute atomic E-state index is 12.8. The minimum Gasteiger partial charge on any atom is -0.334 e. The van der Waals surface area contributed by atoms with Gasteiger partial charge in [-0.3, -0.25) is 9.69 Å².